The SMILES string of the molecule is O=C(CCN1C(=O)C=CC1=O)NCCNCCNCCNCCNC(=O)CCN1C(=O)C=CC1=O. The molecule has 0 atom stereocenters. The molecule has 2 aliphatic heterocycles. The molecule has 192 valence electrons. The largest absolute Gasteiger partial charge is 0.355 e. The van der Waals surface area contributed by atoms with E-state index in [0.29, 0.717) is 26.2 Å². The number of hydrogen-bond donors (Lipinski definition) is 5. The van der Waals surface area contributed by atoms with E-state index >= 15 is 0 Å². The van der Waals surface area contributed by atoms with E-state index in [-0.39, 0.29) is 61.4 Å². The molecular formula is C22H33N7O6. The van der Waals surface area contributed by atoms with E-state index in [1.807, 2.05) is 0 Å². The molecule has 0 aromatic heterocycles. The van der Waals surface area contributed by atoms with E-state index in [0.717, 1.165) is 36.0 Å². The summed E-state index contributed by atoms with van der Waals surface area (Å²) in [5, 5.41) is 15.1. The third-order valence-electron chi connectivity index (χ3n) is 5.13. The molecule has 0 spiro atoms. The zero-order valence-corrected chi connectivity index (χ0v) is 19.6. The first-order chi connectivity index (χ1) is 16.9. The second-order valence-corrected chi connectivity index (χ2v) is 7.77. The van der Waals surface area contributed by atoms with Gasteiger partial charge >= 0.3 is 0 Å². The fraction of sp³-hybridized carbons (Fsp3) is 0.545. The van der Waals surface area contributed by atoms with Gasteiger partial charge in [-0.25, -0.2) is 0 Å². The van der Waals surface area contributed by atoms with E-state index in [2.05, 4.69) is 26.6 Å². The molecule has 2 heterocycles. The summed E-state index contributed by atoms with van der Waals surface area (Å²) in [5.41, 5.74) is 0. The van der Waals surface area contributed by atoms with E-state index in [4.69, 9.17) is 0 Å². The standard InChI is InChI=1S/C22H33N7O6/c30-17(5-15-28-19(32)1-2-20(28)33)26-13-11-24-9-7-23-8-10-25-12-14-27-18(31)6-16-29-21(34)3-4-22(29)35/h1-4,23-25H,5-16H2,(H,26,30)(H,27,31). The van der Waals surface area contributed by atoms with E-state index < -0.39 is 0 Å². The van der Waals surface area contributed by atoms with Crippen molar-refractivity contribution in [3.63, 3.8) is 0 Å². The van der Waals surface area contributed by atoms with Gasteiger partial charge in [0.15, 0.2) is 0 Å². The second kappa shape index (κ2) is 15.5. The number of nitrogens with zero attached hydrogens (tertiary/aromatic N) is 2. The Hall–Kier alpha value is -3.42. The van der Waals surface area contributed by atoms with Crippen LogP contribution in [0, 0.1) is 0 Å². The summed E-state index contributed by atoms with van der Waals surface area (Å²) in [6, 6.07) is 0. The highest BCUT2D eigenvalue weighted by atomic mass is 16.2. The Bertz CT molecular complexity index is 753. The van der Waals surface area contributed by atoms with E-state index in [1.165, 1.54) is 24.3 Å². The minimum atomic E-state index is -0.389. The Balaban J connectivity index is 1.31. The number of nitrogens with one attached hydrogen (secondary N) is 5. The second-order valence-electron chi connectivity index (χ2n) is 7.77. The van der Waals surface area contributed by atoms with Crippen molar-refractivity contribution in [2.24, 2.45) is 0 Å². The van der Waals surface area contributed by atoms with Crippen LogP contribution in [0.2, 0.25) is 0 Å². The predicted molar refractivity (Wildman–Crippen MR) is 126 cm³/mol. The van der Waals surface area contributed by atoms with Gasteiger partial charge in [0, 0.05) is 103 Å². The lowest BCUT2D eigenvalue weighted by Gasteiger charge is -2.13. The molecule has 0 saturated heterocycles. The Morgan fingerprint density at radius 2 is 0.800 bits per heavy atom. The van der Waals surface area contributed by atoms with Crippen molar-refractivity contribution in [1.82, 2.24) is 36.4 Å². The normalized spacial score (nSPS) is 15.0. The van der Waals surface area contributed by atoms with Crippen molar-refractivity contribution in [3.05, 3.63) is 24.3 Å². The number of rotatable bonds is 18. The van der Waals surface area contributed by atoms with Gasteiger partial charge in [-0.1, -0.05) is 0 Å². The van der Waals surface area contributed by atoms with Crippen LogP contribution in [0.1, 0.15) is 12.8 Å². The maximum absolute atomic E-state index is 11.8. The predicted octanol–water partition coefficient (Wildman–Crippen LogP) is -3.38. The third-order valence-corrected chi connectivity index (χ3v) is 5.13. The number of carbonyl (C=O) groups excluding carboxylic acids is 6. The van der Waals surface area contributed by atoms with Crippen molar-refractivity contribution in [1.29, 1.82) is 0 Å². The van der Waals surface area contributed by atoms with E-state index in [9.17, 15) is 28.8 Å². The molecule has 35 heavy (non-hydrogen) atoms. The van der Waals surface area contributed by atoms with Gasteiger partial charge in [-0.05, 0) is 0 Å². The van der Waals surface area contributed by atoms with E-state index in [1.54, 1.807) is 0 Å². The quantitative estimate of drug-likeness (QED) is 0.0970. The van der Waals surface area contributed by atoms with Crippen molar-refractivity contribution in [3.8, 4) is 0 Å². The van der Waals surface area contributed by atoms with Gasteiger partial charge in [0.2, 0.25) is 11.8 Å². The van der Waals surface area contributed by atoms with Crippen LogP contribution in [0.4, 0.5) is 0 Å². The first-order valence-electron chi connectivity index (χ1n) is 11.6. The summed E-state index contributed by atoms with van der Waals surface area (Å²) in [4.78, 5) is 71.2. The molecule has 0 aromatic carbocycles. The van der Waals surface area contributed by atoms with Crippen molar-refractivity contribution >= 4 is 35.4 Å². The highest BCUT2D eigenvalue weighted by Gasteiger charge is 2.24. The summed E-state index contributed by atoms with van der Waals surface area (Å²) in [7, 11) is 0. The molecule has 0 radical (unpaired) electrons. The number of amides is 6. The molecule has 2 aliphatic rings. The minimum absolute atomic E-state index is 0.0786. The lowest BCUT2D eigenvalue weighted by atomic mass is 10.3. The fourth-order valence-electron chi connectivity index (χ4n) is 3.22. The maximum atomic E-state index is 11.8. The van der Waals surface area contributed by atoms with Gasteiger partial charge < -0.3 is 26.6 Å². The topological polar surface area (TPSA) is 169 Å². The van der Waals surface area contributed by atoms with Crippen LogP contribution < -0.4 is 26.6 Å². The van der Waals surface area contributed by atoms with Gasteiger partial charge in [-0.15, -0.1) is 0 Å². The highest BCUT2D eigenvalue weighted by molar-refractivity contribution is 6.13. The number of imide groups is 2. The first kappa shape index (κ1) is 27.8. The van der Waals surface area contributed by atoms with Crippen LogP contribution in [-0.4, -0.2) is 111 Å². The molecule has 13 heteroatoms. The van der Waals surface area contributed by atoms with Gasteiger partial charge in [0.05, 0.1) is 0 Å². The van der Waals surface area contributed by atoms with Crippen LogP contribution in [-0.2, 0) is 28.8 Å². The molecule has 0 bridgehead atoms. The van der Waals surface area contributed by atoms with Crippen LogP contribution in [0.15, 0.2) is 24.3 Å². The Labute approximate surface area is 203 Å². The molecular weight excluding hydrogens is 458 g/mol. The molecule has 6 amide bonds. The fourth-order valence-corrected chi connectivity index (χ4v) is 3.22. The minimum Gasteiger partial charge on any atom is -0.355 e. The molecule has 0 fully saturated rings. The van der Waals surface area contributed by atoms with Crippen LogP contribution in [0.25, 0.3) is 0 Å². The molecule has 5 N–H and O–H groups in total. The molecule has 2 rings (SSSR count). The summed E-state index contributed by atoms with van der Waals surface area (Å²) >= 11 is 0. The Morgan fingerprint density at radius 3 is 1.11 bits per heavy atom. The summed E-state index contributed by atoms with van der Waals surface area (Å²) < 4.78 is 0. The molecule has 0 unspecified atom stereocenters. The summed E-state index contributed by atoms with van der Waals surface area (Å²) in [5.74, 6) is -1.98. The molecule has 13 nitrogen and oxygen atoms in total. The van der Waals surface area contributed by atoms with Gasteiger partial charge in [-0.3, -0.25) is 38.6 Å². The molecule has 0 aromatic rings. The molecule has 0 saturated carbocycles. The van der Waals surface area contributed by atoms with Gasteiger partial charge in [0.1, 0.15) is 0 Å². The summed E-state index contributed by atoms with van der Waals surface area (Å²) in [6.45, 7) is 5.22. The highest BCUT2D eigenvalue weighted by Crippen LogP contribution is 2.04. The monoisotopic (exact) mass is 491 g/mol. The average Bonchev–Trinajstić information content (AvgIpc) is 3.33. The van der Waals surface area contributed by atoms with Crippen molar-refractivity contribution in [2.45, 2.75) is 12.8 Å². The Morgan fingerprint density at radius 1 is 0.514 bits per heavy atom. The summed E-state index contributed by atoms with van der Waals surface area (Å²) in [6.07, 6.45) is 4.94. The van der Waals surface area contributed by atoms with Crippen molar-refractivity contribution < 1.29 is 28.8 Å². The average molecular weight is 492 g/mol. The van der Waals surface area contributed by atoms with Crippen molar-refractivity contribution in [2.75, 3.05) is 65.4 Å². The lowest BCUT2D eigenvalue weighted by molar-refractivity contribution is -0.139. The van der Waals surface area contributed by atoms with Crippen LogP contribution in [0.3, 0.4) is 0 Å². The van der Waals surface area contributed by atoms with Gasteiger partial charge in [-0.2, -0.15) is 0 Å². The van der Waals surface area contributed by atoms with Crippen LogP contribution >= 0.6 is 0 Å². The zero-order valence-electron chi connectivity index (χ0n) is 19.6. The maximum Gasteiger partial charge on any atom is 0.253 e. The van der Waals surface area contributed by atoms with Crippen LogP contribution in [0.5, 0.6) is 0 Å². The Kier molecular flexibility index (Phi) is 12.3. The zero-order chi connectivity index (χ0) is 25.5. The first-order valence-corrected chi connectivity index (χ1v) is 11.6. The lowest BCUT2D eigenvalue weighted by Crippen LogP contribution is -2.39. The smallest absolute Gasteiger partial charge is 0.253 e. The number of carbonyl (C=O) groups is 6. The molecule has 0 aliphatic carbocycles. The number of hydrogen-bond acceptors (Lipinski definition) is 9. The third kappa shape index (κ3) is 10.6. The van der Waals surface area contributed by atoms with Gasteiger partial charge in [0.25, 0.3) is 23.6 Å².